The molecule has 0 aliphatic carbocycles. The van der Waals surface area contributed by atoms with Crippen LogP contribution < -0.4 is 15.1 Å². The summed E-state index contributed by atoms with van der Waals surface area (Å²) >= 11 is 0. The van der Waals surface area contributed by atoms with Gasteiger partial charge in [-0.05, 0) is 10.4 Å². The van der Waals surface area contributed by atoms with Crippen LogP contribution in [0.5, 0.6) is 5.75 Å². The first-order chi connectivity index (χ1) is 33.0. The fourth-order valence-corrected chi connectivity index (χ4v) is 34.1. The summed E-state index contributed by atoms with van der Waals surface area (Å²) in [4.78, 5) is 0. The van der Waals surface area contributed by atoms with Gasteiger partial charge in [0.1, 0.15) is 5.75 Å². The van der Waals surface area contributed by atoms with E-state index in [1.807, 2.05) is 0 Å². The quantitative estimate of drug-likeness (QED) is 0.0467. The first-order valence-electron chi connectivity index (χ1n) is 31.6. The van der Waals surface area contributed by atoms with Gasteiger partial charge >= 0.3 is 0 Å². The molecule has 0 unspecified atom stereocenters. The normalized spacial score (nSPS) is 12.7. The molecule has 0 saturated carbocycles. The molecule has 0 atom stereocenters. The molecule has 0 spiro atoms. The lowest BCUT2D eigenvalue weighted by Gasteiger charge is -2.38. The molecule has 0 aliphatic rings. The number of para-hydroxylation sites is 1. The third kappa shape index (κ3) is 30.2. The zero-order chi connectivity index (χ0) is 50.1. The van der Waals surface area contributed by atoms with E-state index in [0.29, 0.717) is 0 Å². The van der Waals surface area contributed by atoms with E-state index in [1.165, 1.54) is 249 Å². The van der Waals surface area contributed by atoms with Gasteiger partial charge in [-0.1, -0.05) is 378 Å². The number of benzene rings is 1. The van der Waals surface area contributed by atoms with Crippen molar-refractivity contribution in [3.63, 3.8) is 0 Å². The second-order valence-electron chi connectivity index (χ2n) is 24.8. The number of rotatable bonds is 51. The molecule has 402 valence electrons. The largest absolute Gasteiger partial charge is 0.497 e. The van der Waals surface area contributed by atoms with Gasteiger partial charge in [0.15, 0.2) is 0 Å². The molecule has 68 heavy (non-hydrogen) atoms. The van der Waals surface area contributed by atoms with Crippen molar-refractivity contribution >= 4 is 42.7 Å². The molecular weight excluding hydrogens is 885 g/mol. The van der Waals surface area contributed by atoms with E-state index in [-0.39, 0.29) is 0 Å². The van der Waals surface area contributed by atoms with Gasteiger partial charge < -0.3 is 4.74 Å². The molecule has 0 bridgehead atoms. The number of hydrogen-bond acceptors (Lipinski definition) is 1. The van der Waals surface area contributed by atoms with Crippen molar-refractivity contribution < 1.29 is 4.74 Å². The number of methoxy groups -OCH3 is 1. The number of hydrogen-bond donors (Lipinski definition) is 0. The van der Waals surface area contributed by atoms with Crippen LogP contribution in [0.3, 0.4) is 0 Å². The molecule has 0 radical (unpaired) electrons. The zero-order valence-electron chi connectivity index (χ0n) is 49.2. The lowest BCUT2D eigenvalue weighted by atomic mass is 10.1. The maximum absolute atomic E-state index is 6.77. The van der Waals surface area contributed by atoms with Crippen LogP contribution in [0.1, 0.15) is 273 Å². The van der Waals surface area contributed by atoms with Gasteiger partial charge in [-0.25, -0.2) is 0 Å². The maximum Gasteiger partial charge on any atom is 0.117 e. The molecule has 0 heterocycles. The average Bonchev–Trinajstić information content (AvgIpc) is 3.33. The van der Waals surface area contributed by atoms with Gasteiger partial charge in [-0.15, -0.1) is 0 Å². The first kappa shape index (κ1) is 65.9. The van der Waals surface area contributed by atoms with Gasteiger partial charge in [0, 0.05) is 0 Å². The van der Waals surface area contributed by atoms with Crippen molar-refractivity contribution in [1.29, 1.82) is 0 Å². The van der Waals surface area contributed by atoms with Crippen LogP contribution in [-0.4, -0.2) is 39.4 Å². The van der Waals surface area contributed by atoms with E-state index in [1.54, 1.807) is 58.7 Å². The minimum Gasteiger partial charge on any atom is -0.497 e. The fraction of sp³-hybridized carbons (Fsp3) is 0.905. The molecular formula is C63H128OSi4. The highest BCUT2D eigenvalue weighted by Crippen LogP contribution is 2.39. The van der Waals surface area contributed by atoms with Crippen LogP contribution >= 0.6 is 0 Å². The van der Waals surface area contributed by atoms with Crippen LogP contribution in [0.4, 0.5) is 0 Å². The lowest BCUT2D eigenvalue weighted by molar-refractivity contribution is 0.421. The molecule has 1 aromatic carbocycles. The Labute approximate surface area is 435 Å². The van der Waals surface area contributed by atoms with Crippen LogP contribution in [0, 0.1) is 0 Å². The van der Waals surface area contributed by atoms with Gasteiger partial charge in [0.2, 0.25) is 0 Å². The summed E-state index contributed by atoms with van der Waals surface area (Å²) in [5.41, 5.74) is 0. The van der Waals surface area contributed by atoms with Crippen molar-refractivity contribution in [2.24, 2.45) is 0 Å². The topological polar surface area (TPSA) is 9.23 Å². The Morgan fingerprint density at radius 2 is 0.485 bits per heavy atom. The van der Waals surface area contributed by atoms with Gasteiger partial charge in [-0.3, -0.25) is 0 Å². The van der Waals surface area contributed by atoms with Crippen molar-refractivity contribution in [2.75, 3.05) is 7.11 Å². The summed E-state index contributed by atoms with van der Waals surface area (Å²) in [6.45, 7) is 25.3. The van der Waals surface area contributed by atoms with Crippen molar-refractivity contribution in [2.45, 2.75) is 359 Å². The third-order valence-corrected chi connectivity index (χ3v) is 36.4. The van der Waals surface area contributed by atoms with Crippen molar-refractivity contribution in [3.05, 3.63) is 18.2 Å². The molecule has 0 aromatic heterocycles. The summed E-state index contributed by atoms with van der Waals surface area (Å²) in [5, 5.41) is 3.35. The van der Waals surface area contributed by atoms with Gasteiger partial charge in [0.05, 0.1) is 39.4 Å². The molecule has 0 aliphatic heterocycles. The predicted octanol–water partition coefficient (Wildman–Crippen LogP) is 22.6. The molecule has 5 heteroatoms. The second-order valence-corrected chi connectivity index (χ2v) is 44.4. The molecule has 1 nitrogen and oxygen atoms in total. The molecule has 1 aromatic rings. The van der Waals surface area contributed by atoms with Crippen molar-refractivity contribution in [1.82, 2.24) is 0 Å². The SMILES string of the molecule is CCCCCCCC[Si](CCCCCCCC)(CCCCCCCC)CC[Si](C)(C)c1cccc([Si](C)(C)CC[Si](CCCCCCCC)(CCCCCCCC)CCCCCCCC)c1OC. The number of unbranched alkanes of at least 4 members (excludes halogenated alkanes) is 30. The Morgan fingerprint density at radius 1 is 0.279 bits per heavy atom. The molecule has 0 amide bonds. The van der Waals surface area contributed by atoms with E-state index in [0.717, 1.165) is 0 Å². The molecule has 0 saturated heterocycles. The molecule has 1 rings (SSSR count). The minimum absolute atomic E-state index is 1.36. The van der Waals surface area contributed by atoms with Crippen LogP contribution in [0.15, 0.2) is 18.2 Å². The smallest absolute Gasteiger partial charge is 0.117 e. The molecule has 0 N–H and O–H groups in total. The Bertz CT molecular complexity index is 1090. The summed E-state index contributed by atoms with van der Waals surface area (Å²) in [5.74, 6) is 1.37. The molecule has 0 fully saturated rings. The highest BCUT2D eigenvalue weighted by Gasteiger charge is 2.39. The van der Waals surface area contributed by atoms with Gasteiger partial charge in [0.25, 0.3) is 0 Å². The second kappa shape index (κ2) is 42.3. The number of ether oxygens (including phenoxy) is 1. The highest BCUT2D eigenvalue weighted by molar-refractivity contribution is 6.95. The van der Waals surface area contributed by atoms with Crippen LogP contribution in [0.25, 0.3) is 0 Å². The van der Waals surface area contributed by atoms with E-state index < -0.39 is 32.3 Å². The maximum atomic E-state index is 6.77. The summed E-state index contributed by atoms with van der Waals surface area (Å²) in [6.07, 6.45) is 52.3. The zero-order valence-corrected chi connectivity index (χ0v) is 53.2. The monoisotopic (exact) mass is 1010 g/mol. The fourth-order valence-electron chi connectivity index (χ4n) is 12.4. The summed E-state index contributed by atoms with van der Waals surface area (Å²) < 4.78 is 6.77. The van der Waals surface area contributed by atoms with E-state index in [4.69, 9.17) is 4.74 Å². The standard InChI is InChI=1S/C63H128OSi4/c1-12-18-24-30-36-42-51-67(52-43-37-31-25-19-13-2,53-44-38-32-26-20-14-3)59-57-65(8,9)61-49-48-50-62(63(61)64-7)66(10,11)58-60-68(54-45-39-33-27-21-15-4,55-46-40-34-28-22-16-5)56-47-41-35-29-23-17-6/h48-50H,12-47,51-60H2,1-11H3. The van der Waals surface area contributed by atoms with Crippen LogP contribution in [0.2, 0.25) is 86.6 Å². The Balaban J connectivity index is 3.52. The van der Waals surface area contributed by atoms with E-state index >= 15 is 0 Å². The lowest BCUT2D eigenvalue weighted by Crippen LogP contribution is -2.51. The summed E-state index contributed by atoms with van der Waals surface area (Å²) in [7, 11) is -4.31. The summed E-state index contributed by atoms with van der Waals surface area (Å²) in [6, 6.07) is 23.5. The van der Waals surface area contributed by atoms with Gasteiger partial charge in [-0.2, -0.15) is 0 Å². The Hall–Kier alpha value is -0.112. The minimum atomic E-state index is -1.77. The van der Waals surface area contributed by atoms with Crippen molar-refractivity contribution in [3.8, 4) is 5.75 Å². The Kier molecular flexibility index (Phi) is 41.0. The van der Waals surface area contributed by atoms with E-state index in [2.05, 4.69) is 93.0 Å². The highest BCUT2D eigenvalue weighted by atomic mass is 28.3. The average molecular weight is 1010 g/mol. The third-order valence-electron chi connectivity index (χ3n) is 17.6. The first-order valence-corrected chi connectivity index (χ1v) is 43.7. The predicted molar refractivity (Wildman–Crippen MR) is 327 cm³/mol. The Morgan fingerprint density at radius 3 is 0.691 bits per heavy atom. The van der Waals surface area contributed by atoms with Crippen LogP contribution in [-0.2, 0) is 0 Å². The van der Waals surface area contributed by atoms with E-state index in [9.17, 15) is 0 Å².